The first-order chi connectivity index (χ1) is 14.4. The van der Waals surface area contributed by atoms with Gasteiger partial charge in [-0.15, -0.1) is 0 Å². The van der Waals surface area contributed by atoms with E-state index >= 15 is 0 Å². The molecule has 1 aliphatic heterocycles. The lowest BCUT2D eigenvalue weighted by Crippen LogP contribution is -2.29. The van der Waals surface area contributed by atoms with Crippen molar-refractivity contribution in [1.82, 2.24) is 0 Å². The number of nitrogens with one attached hydrogen (secondary N) is 1. The highest BCUT2D eigenvalue weighted by Gasteiger charge is 2.37. The van der Waals surface area contributed by atoms with Crippen LogP contribution in [0.1, 0.15) is 41.4 Å². The normalized spacial score (nSPS) is 12.6. The van der Waals surface area contributed by atoms with Gasteiger partial charge in [-0.25, -0.2) is 9.69 Å². The van der Waals surface area contributed by atoms with Gasteiger partial charge < -0.3 is 10.4 Å². The maximum atomic E-state index is 12.7. The second kappa shape index (κ2) is 7.46. The fraction of sp³-hybridized carbons (Fsp3) is 0. The van der Waals surface area contributed by atoms with Crippen molar-refractivity contribution in [3.05, 3.63) is 94.0 Å². The number of benzene rings is 3. The molecule has 0 spiro atoms. The zero-order chi connectivity index (χ0) is 21.4. The summed E-state index contributed by atoms with van der Waals surface area (Å²) in [6.07, 6.45) is 0. The van der Waals surface area contributed by atoms with Gasteiger partial charge in [0, 0.05) is 5.56 Å². The number of hydrogen-bond donors (Lipinski definition) is 2. The number of carbonyl (C=O) groups excluding carboxylic acids is 3. The Kier molecular flexibility index (Phi) is 4.81. The maximum Gasteiger partial charge on any atom is 0.335 e. The molecule has 0 fully saturated rings. The van der Waals surface area contributed by atoms with Gasteiger partial charge in [0.1, 0.15) is 0 Å². The zero-order valence-electron chi connectivity index (χ0n) is 15.3. The van der Waals surface area contributed by atoms with E-state index in [-0.39, 0.29) is 33.3 Å². The monoisotopic (exact) mass is 420 g/mol. The van der Waals surface area contributed by atoms with Crippen LogP contribution in [0.5, 0.6) is 0 Å². The summed E-state index contributed by atoms with van der Waals surface area (Å²) in [6.45, 7) is 0. The average molecular weight is 421 g/mol. The van der Waals surface area contributed by atoms with Crippen molar-refractivity contribution in [1.29, 1.82) is 0 Å². The fourth-order valence-electron chi connectivity index (χ4n) is 3.14. The maximum absolute atomic E-state index is 12.7. The molecule has 0 saturated heterocycles. The van der Waals surface area contributed by atoms with Crippen LogP contribution in [0.3, 0.4) is 0 Å². The molecule has 3 aromatic carbocycles. The molecule has 1 heterocycles. The van der Waals surface area contributed by atoms with Gasteiger partial charge >= 0.3 is 5.97 Å². The Labute approximate surface area is 175 Å². The molecular formula is C22H13ClN2O5. The number of aromatic carboxylic acids is 1. The first kappa shape index (κ1) is 19.4. The largest absolute Gasteiger partial charge is 0.478 e. The van der Waals surface area contributed by atoms with Gasteiger partial charge in [0.25, 0.3) is 17.7 Å². The molecule has 7 nitrogen and oxygen atoms in total. The highest BCUT2D eigenvalue weighted by molar-refractivity contribution is 6.37. The van der Waals surface area contributed by atoms with Crippen molar-refractivity contribution >= 4 is 46.7 Å². The molecule has 0 aromatic heterocycles. The number of fused-ring (bicyclic) bond motifs is 1. The van der Waals surface area contributed by atoms with Crippen LogP contribution in [0.15, 0.2) is 66.7 Å². The molecule has 0 aliphatic carbocycles. The minimum Gasteiger partial charge on any atom is -0.478 e. The number of nitrogens with zero attached hydrogens (tertiary/aromatic N) is 1. The summed E-state index contributed by atoms with van der Waals surface area (Å²) >= 11 is 6.27. The van der Waals surface area contributed by atoms with Crippen LogP contribution in [-0.2, 0) is 0 Å². The fourth-order valence-corrected chi connectivity index (χ4v) is 3.36. The highest BCUT2D eigenvalue weighted by atomic mass is 35.5. The number of carbonyl (C=O) groups is 4. The topological polar surface area (TPSA) is 104 Å². The van der Waals surface area contributed by atoms with E-state index in [0.29, 0.717) is 11.3 Å². The summed E-state index contributed by atoms with van der Waals surface area (Å²) in [6, 6.07) is 16.7. The lowest BCUT2D eigenvalue weighted by molar-refractivity contribution is 0.0696. The molecule has 30 heavy (non-hydrogen) atoms. The van der Waals surface area contributed by atoms with Gasteiger partial charge in [-0.3, -0.25) is 14.4 Å². The van der Waals surface area contributed by atoms with E-state index in [1.165, 1.54) is 36.4 Å². The smallest absolute Gasteiger partial charge is 0.335 e. The predicted octanol–water partition coefficient (Wildman–Crippen LogP) is 4.09. The Bertz CT molecular complexity index is 1220. The molecule has 1 aliphatic rings. The third kappa shape index (κ3) is 3.31. The third-order valence-corrected chi connectivity index (χ3v) is 4.94. The first-order valence-electron chi connectivity index (χ1n) is 8.79. The van der Waals surface area contributed by atoms with Crippen molar-refractivity contribution in [2.24, 2.45) is 0 Å². The number of amides is 3. The van der Waals surface area contributed by atoms with Crippen molar-refractivity contribution in [2.75, 3.05) is 10.2 Å². The van der Waals surface area contributed by atoms with Crippen LogP contribution in [-0.4, -0.2) is 28.8 Å². The molecule has 0 bridgehead atoms. The first-order valence-corrected chi connectivity index (χ1v) is 9.16. The summed E-state index contributed by atoms with van der Waals surface area (Å²) in [5.74, 6) is -2.77. The van der Waals surface area contributed by atoms with Gasteiger partial charge in [-0.05, 0) is 48.5 Å². The Morgan fingerprint density at radius 1 is 0.833 bits per heavy atom. The molecular weight excluding hydrogens is 408 g/mol. The lowest BCUT2D eigenvalue weighted by Gasteiger charge is -2.16. The number of hydrogen-bond acceptors (Lipinski definition) is 4. The van der Waals surface area contributed by atoms with Gasteiger partial charge in [0.15, 0.2) is 0 Å². The average Bonchev–Trinajstić information content (AvgIpc) is 3.00. The van der Waals surface area contributed by atoms with Crippen molar-refractivity contribution in [3.8, 4) is 0 Å². The second-order valence-corrected chi connectivity index (χ2v) is 6.90. The standard InChI is InChI=1S/C22H13ClN2O5/c23-17-11-14(7-9-18(17)24-19(26)12-4-2-1-3-5-12)25-20(27)15-8-6-13(22(29)30)10-16(15)21(25)28/h1-11H,(H,24,26)(H,29,30). The summed E-state index contributed by atoms with van der Waals surface area (Å²) in [5, 5.41) is 11.9. The molecule has 8 heteroatoms. The van der Waals surface area contributed by atoms with E-state index in [0.717, 1.165) is 4.90 Å². The molecule has 3 aromatic rings. The number of rotatable bonds is 4. The molecule has 3 amide bonds. The van der Waals surface area contributed by atoms with E-state index < -0.39 is 17.8 Å². The second-order valence-electron chi connectivity index (χ2n) is 6.50. The van der Waals surface area contributed by atoms with Gasteiger partial charge in [0.2, 0.25) is 0 Å². The molecule has 0 saturated carbocycles. The summed E-state index contributed by atoms with van der Waals surface area (Å²) in [4.78, 5) is 49.8. The molecule has 0 radical (unpaired) electrons. The Hall–Kier alpha value is -3.97. The lowest BCUT2D eigenvalue weighted by atomic mass is 10.1. The van der Waals surface area contributed by atoms with E-state index in [1.54, 1.807) is 30.3 Å². The van der Waals surface area contributed by atoms with Crippen molar-refractivity contribution in [2.45, 2.75) is 0 Å². The number of halogens is 1. The molecule has 2 N–H and O–H groups in total. The van der Waals surface area contributed by atoms with Crippen LogP contribution >= 0.6 is 11.6 Å². The van der Waals surface area contributed by atoms with E-state index in [1.807, 2.05) is 0 Å². The number of carboxylic acid groups (broad SMARTS) is 1. The molecule has 4 rings (SSSR count). The van der Waals surface area contributed by atoms with Gasteiger partial charge in [-0.1, -0.05) is 29.8 Å². The van der Waals surface area contributed by atoms with Crippen molar-refractivity contribution < 1.29 is 24.3 Å². The quantitative estimate of drug-likeness (QED) is 0.618. The van der Waals surface area contributed by atoms with E-state index in [4.69, 9.17) is 16.7 Å². The molecule has 0 atom stereocenters. The van der Waals surface area contributed by atoms with Crippen LogP contribution in [0.2, 0.25) is 5.02 Å². The predicted molar refractivity (Wildman–Crippen MR) is 110 cm³/mol. The Morgan fingerprint density at radius 3 is 2.20 bits per heavy atom. The number of carboxylic acids is 1. The van der Waals surface area contributed by atoms with Crippen LogP contribution in [0.25, 0.3) is 0 Å². The van der Waals surface area contributed by atoms with E-state index in [9.17, 15) is 19.2 Å². The number of imide groups is 1. The minimum absolute atomic E-state index is 0.0116. The van der Waals surface area contributed by atoms with Gasteiger partial charge in [-0.2, -0.15) is 0 Å². The summed E-state index contributed by atoms with van der Waals surface area (Å²) < 4.78 is 0. The summed E-state index contributed by atoms with van der Waals surface area (Å²) in [7, 11) is 0. The SMILES string of the molecule is O=C(O)c1ccc2c(c1)C(=O)N(c1ccc(NC(=O)c3ccccc3)c(Cl)c1)C2=O. The zero-order valence-corrected chi connectivity index (χ0v) is 16.0. The highest BCUT2D eigenvalue weighted by Crippen LogP contribution is 2.33. The van der Waals surface area contributed by atoms with Crippen LogP contribution in [0, 0.1) is 0 Å². The summed E-state index contributed by atoms with van der Waals surface area (Å²) in [5.41, 5.74) is 1.01. The van der Waals surface area contributed by atoms with Crippen LogP contribution < -0.4 is 10.2 Å². The molecule has 0 unspecified atom stereocenters. The van der Waals surface area contributed by atoms with Crippen molar-refractivity contribution in [3.63, 3.8) is 0 Å². The van der Waals surface area contributed by atoms with Crippen LogP contribution in [0.4, 0.5) is 11.4 Å². The minimum atomic E-state index is -1.20. The number of anilines is 2. The Balaban J connectivity index is 1.61. The van der Waals surface area contributed by atoms with E-state index in [2.05, 4.69) is 5.32 Å². The molecule has 148 valence electrons. The van der Waals surface area contributed by atoms with Gasteiger partial charge in [0.05, 0.1) is 33.1 Å². The Morgan fingerprint density at radius 2 is 1.53 bits per heavy atom. The third-order valence-electron chi connectivity index (χ3n) is 4.63.